The third-order valence-corrected chi connectivity index (χ3v) is 4.61. The van der Waals surface area contributed by atoms with Gasteiger partial charge < -0.3 is 10.0 Å². The Morgan fingerprint density at radius 3 is 2.65 bits per heavy atom. The van der Waals surface area contributed by atoms with Gasteiger partial charge in [0.15, 0.2) is 0 Å². The lowest BCUT2D eigenvalue weighted by Gasteiger charge is -2.37. The molecule has 0 bridgehead atoms. The molecule has 5 heteroatoms. The zero-order chi connectivity index (χ0) is 14.0. The number of aliphatic hydroxyl groups is 1. The first-order valence-corrected chi connectivity index (χ1v) is 7.54. The van der Waals surface area contributed by atoms with Gasteiger partial charge in [0.2, 0.25) is 0 Å². The summed E-state index contributed by atoms with van der Waals surface area (Å²) in [6.45, 7) is 1.12. The molecule has 0 atom stereocenters. The highest BCUT2D eigenvalue weighted by molar-refractivity contribution is 7.12. The van der Waals surface area contributed by atoms with Crippen LogP contribution in [0.5, 0.6) is 0 Å². The highest BCUT2D eigenvalue weighted by Gasteiger charge is 2.36. The van der Waals surface area contributed by atoms with Crippen molar-refractivity contribution in [2.45, 2.75) is 18.4 Å². The second kappa shape index (κ2) is 5.34. The molecule has 3 heterocycles. The van der Waals surface area contributed by atoms with Crippen molar-refractivity contribution in [2.75, 3.05) is 13.1 Å². The summed E-state index contributed by atoms with van der Waals surface area (Å²) in [5.74, 6) is 0.0584. The largest absolute Gasteiger partial charge is 0.383 e. The molecule has 0 aromatic carbocycles. The molecular formula is C15H16N2O2S. The zero-order valence-corrected chi connectivity index (χ0v) is 11.8. The zero-order valence-electron chi connectivity index (χ0n) is 11.0. The maximum Gasteiger partial charge on any atom is 0.263 e. The summed E-state index contributed by atoms with van der Waals surface area (Å²) in [4.78, 5) is 19.1. The van der Waals surface area contributed by atoms with Crippen LogP contribution in [0.2, 0.25) is 0 Å². The predicted molar refractivity (Wildman–Crippen MR) is 77.6 cm³/mol. The minimum Gasteiger partial charge on any atom is -0.383 e. The molecule has 1 amide bonds. The average Bonchev–Trinajstić information content (AvgIpc) is 3.02. The Morgan fingerprint density at radius 2 is 2.05 bits per heavy atom. The monoisotopic (exact) mass is 288 g/mol. The van der Waals surface area contributed by atoms with Crippen LogP contribution in [0.25, 0.3) is 0 Å². The maximum absolute atomic E-state index is 12.2. The van der Waals surface area contributed by atoms with Crippen molar-refractivity contribution in [2.24, 2.45) is 0 Å². The van der Waals surface area contributed by atoms with Crippen molar-refractivity contribution in [1.29, 1.82) is 0 Å². The molecule has 3 rings (SSSR count). The van der Waals surface area contributed by atoms with Crippen LogP contribution in [0.4, 0.5) is 0 Å². The molecule has 2 aromatic rings. The minimum atomic E-state index is -0.909. The molecule has 1 saturated heterocycles. The van der Waals surface area contributed by atoms with Crippen molar-refractivity contribution in [3.63, 3.8) is 0 Å². The van der Waals surface area contributed by atoms with E-state index in [1.165, 1.54) is 11.3 Å². The number of carbonyl (C=O) groups excluding carboxylic acids is 1. The number of nitrogens with zero attached hydrogens (tertiary/aromatic N) is 2. The number of piperidine rings is 1. The molecule has 0 aliphatic carbocycles. The number of thiophene rings is 1. The van der Waals surface area contributed by atoms with Gasteiger partial charge >= 0.3 is 0 Å². The summed E-state index contributed by atoms with van der Waals surface area (Å²) in [7, 11) is 0. The van der Waals surface area contributed by atoms with E-state index in [2.05, 4.69) is 4.98 Å². The summed E-state index contributed by atoms with van der Waals surface area (Å²) in [6.07, 6.45) is 2.75. The van der Waals surface area contributed by atoms with Crippen molar-refractivity contribution < 1.29 is 9.90 Å². The van der Waals surface area contributed by atoms with Gasteiger partial charge in [-0.1, -0.05) is 12.1 Å². The SMILES string of the molecule is O=C(c1cccs1)N1CCC(O)(c2ccccn2)CC1. The van der Waals surface area contributed by atoms with Gasteiger partial charge in [0, 0.05) is 19.3 Å². The normalized spacial score (nSPS) is 17.9. The first-order chi connectivity index (χ1) is 9.69. The number of amides is 1. The summed E-state index contributed by atoms with van der Waals surface area (Å²) in [6, 6.07) is 9.28. The van der Waals surface area contributed by atoms with Crippen molar-refractivity contribution in [3.05, 3.63) is 52.5 Å². The molecule has 20 heavy (non-hydrogen) atoms. The Balaban J connectivity index is 1.69. The van der Waals surface area contributed by atoms with Crippen LogP contribution < -0.4 is 0 Å². The number of hydrogen-bond acceptors (Lipinski definition) is 4. The fraction of sp³-hybridized carbons (Fsp3) is 0.333. The van der Waals surface area contributed by atoms with E-state index in [1.54, 1.807) is 6.20 Å². The van der Waals surface area contributed by atoms with E-state index in [4.69, 9.17) is 0 Å². The molecule has 1 aliphatic rings. The highest BCUT2D eigenvalue weighted by Crippen LogP contribution is 2.32. The summed E-state index contributed by atoms with van der Waals surface area (Å²) < 4.78 is 0. The lowest BCUT2D eigenvalue weighted by atomic mass is 9.87. The maximum atomic E-state index is 12.2. The quantitative estimate of drug-likeness (QED) is 0.922. The Bertz CT molecular complexity index is 575. The summed E-state index contributed by atoms with van der Waals surface area (Å²) >= 11 is 1.45. The van der Waals surface area contributed by atoms with Crippen molar-refractivity contribution in [1.82, 2.24) is 9.88 Å². The number of hydrogen-bond donors (Lipinski definition) is 1. The first kappa shape index (κ1) is 13.3. The number of pyridine rings is 1. The average molecular weight is 288 g/mol. The summed E-state index contributed by atoms with van der Waals surface area (Å²) in [5, 5.41) is 12.6. The van der Waals surface area contributed by atoms with Crippen LogP contribution in [0, 0.1) is 0 Å². The third kappa shape index (κ3) is 2.46. The molecule has 0 saturated carbocycles. The number of likely N-dealkylation sites (tertiary alicyclic amines) is 1. The summed E-state index contributed by atoms with van der Waals surface area (Å²) in [5.41, 5.74) is -0.212. The van der Waals surface area contributed by atoms with Gasteiger partial charge in [0.05, 0.1) is 10.6 Å². The molecule has 0 spiro atoms. The second-order valence-electron chi connectivity index (χ2n) is 5.02. The van der Waals surface area contributed by atoms with Crippen LogP contribution in [-0.4, -0.2) is 34.0 Å². The molecular weight excluding hydrogens is 272 g/mol. The van der Waals surface area contributed by atoms with Gasteiger partial charge in [-0.15, -0.1) is 11.3 Å². The lowest BCUT2D eigenvalue weighted by molar-refractivity contribution is -0.0243. The Morgan fingerprint density at radius 1 is 1.25 bits per heavy atom. The van der Waals surface area contributed by atoms with Gasteiger partial charge in [-0.2, -0.15) is 0 Å². The lowest BCUT2D eigenvalue weighted by Crippen LogP contribution is -2.45. The standard InChI is InChI=1S/C15H16N2O2S/c18-14(12-4-3-11-20-12)17-9-6-15(19,7-10-17)13-5-1-2-8-16-13/h1-5,8,11,19H,6-7,9-10H2. The molecule has 1 N–H and O–H groups in total. The minimum absolute atomic E-state index is 0.0584. The highest BCUT2D eigenvalue weighted by atomic mass is 32.1. The van der Waals surface area contributed by atoms with Crippen LogP contribution in [0.1, 0.15) is 28.2 Å². The van der Waals surface area contributed by atoms with Gasteiger partial charge in [-0.25, -0.2) is 0 Å². The Kier molecular flexibility index (Phi) is 3.54. The van der Waals surface area contributed by atoms with Gasteiger partial charge in [0.25, 0.3) is 5.91 Å². The van der Waals surface area contributed by atoms with Crippen LogP contribution in [-0.2, 0) is 5.60 Å². The van der Waals surface area contributed by atoms with E-state index < -0.39 is 5.60 Å². The van der Waals surface area contributed by atoms with E-state index in [0.29, 0.717) is 31.6 Å². The van der Waals surface area contributed by atoms with Crippen molar-refractivity contribution >= 4 is 17.2 Å². The Hall–Kier alpha value is -1.72. The fourth-order valence-electron chi connectivity index (χ4n) is 2.53. The molecule has 4 nitrogen and oxygen atoms in total. The second-order valence-corrected chi connectivity index (χ2v) is 5.96. The predicted octanol–water partition coefficient (Wildman–Crippen LogP) is 2.27. The van der Waals surface area contributed by atoms with Crippen LogP contribution in [0.15, 0.2) is 41.9 Å². The van der Waals surface area contributed by atoms with Gasteiger partial charge in [0.1, 0.15) is 5.60 Å². The van der Waals surface area contributed by atoms with Crippen LogP contribution in [0.3, 0.4) is 0 Å². The van der Waals surface area contributed by atoms with Gasteiger partial charge in [-0.3, -0.25) is 9.78 Å². The van der Waals surface area contributed by atoms with Gasteiger partial charge in [-0.05, 0) is 36.4 Å². The fourth-order valence-corrected chi connectivity index (χ4v) is 3.22. The van der Waals surface area contributed by atoms with E-state index in [0.717, 1.165) is 4.88 Å². The Labute approximate surface area is 121 Å². The number of aromatic nitrogens is 1. The third-order valence-electron chi connectivity index (χ3n) is 3.75. The number of carbonyl (C=O) groups is 1. The number of rotatable bonds is 2. The molecule has 0 unspecified atom stereocenters. The van der Waals surface area contributed by atoms with E-state index in [-0.39, 0.29) is 5.91 Å². The smallest absolute Gasteiger partial charge is 0.263 e. The molecule has 1 aliphatic heterocycles. The topological polar surface area (TPSA) is 53.4 Å². The van der Waals surface area contributed by atoms with Crippen LogP contribution >= 0.6 is 11.3 Å². The molecule has 2 aromatic heterocycles. The molecule has 104 valence electrons. The van der Waals surface area contributed by atoms with Crippen molar-refractivity contribution in [3.8, 4) is 0 Å². The first-order valence-electron chi connectivity index (χ1n) is 6.66. The van der Waals surface area contributed by atoms with E-state index >= 15 is 0 Å². The van der Waals surface area contributed by atoms with E-state index in [1.807, 2.05) is 40.6 Å². The van der Waals surface area contributed by atoms with E-state index in [9.17, 15) is 9.90 Å². The molecule has 0 radical (unpaired) electrons. The molecule has 1 fully saturated rings.